The van der Waals surface area contributed by atoms with E-state index >= 15 is 0 Å². The van der Waals surface area contributed by atoms with E-state index in [-0.39, 0.29) is 52.7 Å². The molecule has 6 N–H and O–H groups in total. The van der Waals surface area contributed by atoms with Crippen LogP contribution in [0.15, 0.2) is 85.2 Å². The molecule has 3 aliphatic rings. The number of ketones is 1. The first kappa shape index (κ1) is 48.2. The third-order valence-electron chi connectivity index (χ3n) is 14.7. The number of aromatic amines is 2. The van der Waals surface area contributed by atoms with E-state index in [1.165, 1.54) is 29.4 Å². The number of rotatable bonds is 14. The molecule has 2 aromatic heterocycles. The van der Waals surface area contributed by atoms with Gasteiger partial charge >= 0.3 is 12.2 Å². The maximum atomic E-state index is 14.2. The van der Waals surface area contributed by atoms with Crippen LogP contribution in [0.1, 0.15) is 145 Å². The third kappa shape index (κ3) is 9.70. The summed E-state index contributed by atoms with van der Waals surface area (Å²) in [5, 5.41) is 18.0. The number of carbonyl (C=O) groups is 4. The van der Waals surface area contributed by atoms with Crippen LogP contribution in [0.2, 0.25) is 0 Å². The Labute approximate surface area is 399 Å². The highest BCUT2D eigenvalue weighted by atomic mass is 16.5. The summed E-state index contributed by atoms with van der Waals surface area (Å²) in [6.07, 6.45) is 6.77. The highest BCUT2D eigenvalue weighted by Crippen LogP contribution is 2.54. The molecule has 0 bridgehead atoms. The first-order valence-corrected chi connectivity index (χ1v) is 24.3. The molecule has 7 atom stereocenters. The quantitative estimate of drug-likeness (QED) is 0.0629. The van der Waals surface area contributed by atoms with Crippen molar-refractivity contribution in [3.05, 3.63) is 119 Å². The number of Topliss-reactive ketones (excluding diaryl/α,β-unsaturated/α-hetero) is 1. The van der Waals surface area contributed by atoms with Gasteiger partial charge in [-0.3, -0.25) is 14.9 Å². The van der Waals surface area contributed by atoms with Crippen LogP contribution in [0.25, 0.3) is 22.5 Å². The van der Waals surface area contributed by atoms with Gasteiger partial charge in [-0.15, -0.1) is 0 Å². The molecule has 5 aromatic rings. The van der Waals surface area contributed by atoms with Crippen molar-refractivity contribution in [1.29, 1.82) is 0 Å². The Kier molecular flexibility index (Phi) is 14.0. The lowest BCUT2D eigenvalue weighted by molar-refractivity contribution is -0.135. The molecule has 14 heteroatoms. The first-order chi connectivity index (χ1) is 32.5. The summed E-state index contributed by atoms with van der Waals surface area (Å²) < 4.78 is 4.86. The normalized spacial score (nSPS) is 22.6. The van der Waals surface area contributed by atoms with Crippen LogP contribution >= 0.6 is 0 Å². The number of nitrogens with one attached hydrogen (secondary N) is 5. The topological polar surface area (TPSA) is 194 Å². The average Bonchev–Trinajstić information content (AvgIpc) is 4.18. The van der Waals surface area contributed by atoms with E-state index in [1.807, 2.05) is 33.9 Å². The van der Waals surface area contributed by atoms with E-state index in [2.05, 4.69) is 119 Å². The fourth-order valence-electron chi connectivity index (χ4n) is 11.0. The zero-order chi connectivity index (χ0) is 48.5. The van der Waals surface area contributed by atoms with Crippen LogP contribution in [0.4, 0.5) is 9.59 Å². The number of nitrogens with zero attached hydrogens (tertiary/aromatic N) is 3. The second kappa shape index (κ2) is 19.7. The molecule has 0 radical (unpaired) electrons. The van der Waals surface area contributed by atoms with Crippen molar-refractivity contribution in [2.24, 2.45) is 11.8 Å². The highest BCUT2D eigenvalue weighted by molar-refractivity contribution is 5.96. The summed E-state index contributed by atoms with van der Waals surface area (Å²) in [5.74, 6) is 1.35. The fraction of sp³-hybridized carbons (Fsp3) is 0.481. The van der Waals surface area contributed by atoms with Gasteiger partial charge in [-0.05, 0) is 113 Å². The standard InChI is InChI=1S/C54H68N8O6/c1-31(2)45(61-52(67)68-8)47(63)54(26-10-27-57-54)50-56-30-42(59-50)36-18-14-34(15-19-36)40-25-24-39(44(40)37-20-22-38(23-21-37)53(5,6)7)33-12-16-35(17-13-33)41-29-55-48(58-41)43-11-9-28-62(43)49(64)46(32(3)4)60-51(65)66/h12-23,29-32,39-40,43-46,57,60H,9-11,24-28H2,1-8H3,(H,55,58)(H,56,59)(H,61,67)(H,65,66)/t39?,40?,43-,44?,45-,46-,54+/m0/s1. The van der Waals surface area contributed by atoms with Gasteiger partial charge in [0, 0.05) is 6.54 Å². The lowest BCUT2D eigenvalue weighted by atomic mass is 9.76. The zero-order valence-electron chi connectivity index (χ0n) is 40.7. The van der Waals surface area contributed by atoms with Crippen LogP contribution in [-0.4, -0.2) is 86.1 Å². The number of methoxy groups -OCH3 is 1. The minimum atomic E-state index is -1.21. The van der Waals surface area contributed by atoms with E-state index in [4.69, 9.17) is 14.7 Å². The number of likely N-dealkylation sites (tertiary alicyclic amines) is 1. The number of carbonyl (C=O) groups excluding carboxylic acids is 3. The molecule has 0 spiro atoms. The predicted octanol–water partition coefficient (Wildman–Crippen LogP) is 9.69. The largest absolute Gasteiger partial charge is 0.465 e. The number of hydrogen-bond donors (Lipinski definition) is 6. The minimum Gasteiger partial charge on any atom is -0.465 e. The number of amides is 3. The van der Waals surface area contributed by atoms with Crippen molar-refractivity contribution in [3.63, 3.8) is 0 Å². The predicted molar refractivity (Wildman–Crippen MR) is 262 cm³/mol. The van der Waals surface area contributed by atoms with Gasteiger partial charge in [-0.2, -0.15) is 0 Å². The number of imidazole rings is 2. The molecule has 2 saturated heterocycles. The van der Waals surface area contributed by atoms with E-state index in [9.17, 15) is 24.3 Å². The SMILES string of the molecule is COC(=O)N[C@H](C(=O)[C@@]1(c2ncc(-c3ccc(C4CCC(c5ccc(-c6cnc([C@@H]7CCCN7C(=O)[C@@H](NC(=O)O)C(C)C)[nH]6)cc5)C4c4ccc(C(C)(C)C)cc4)cc3)[nH]2)CCCN1)C(C)C. The highest BCUT2D eigenvalue weighted by Gasteiger charge is 2.49. The van der Waals surface area contributed by atoms with Crippen molar-refractivity contribution in [3.8, 4) is 22.5 Å². The molecule has 1 aliphatic carbocycles. The van der Waals surface area contributed by atoms with E-state index in [0.717, 1.165) is 54.6 Å². The monoisotopic (exact) mass is 925 g/mol. The van der Waals surface area contributed by atoms with Gasteiger partial charge in [0.2, 0.25) is 5.91 Å². The van der Waals surface area contributed by atoms with Gasteiger partial charge < -0.3 is 35.3 Å². The van der Waals surface area contributed by atoms with Crippen molar-refractivity contribution >= 4 is 23.9 Å². The second-order valence-electron chi connectivity index (χ2n) is 20.8. The van der Waals surface area contributed by atoms with Gasteiger partial charge in [0.05, 0.1) is 43.0 Å². The Balaban J connectivity index is 1.03. The number of H-pyrrole nitrogens is 2. The second-order valence-corrected chi connectivity index (χ2v) is 20.8. The Morgan fingerprint density at radius 1 is 0.750 bits per heavy atom. The summed E-state index contributed by atoms with van der Waals surface area (Å²) >= 11 is 0. The van der Waals surface area contributed by atoms with Crippen molar-refractivity contribution in [2.45, 2.75) is 134 Å². The van der Waals surface area contributed by atoms with Crippen molar-refractivity contribution in [1.82, 2.24) is 40.8 Å². The van der Waals surface area contributed by atoms with Gasteiger partial charge in [0.25, 0.3) is 0 Å². The number of ether oxygens (including phenoxy) is 1. The average molecular weight is 925 g/mol. The van der Waals surface area contributed by atoms with Crippen molar-refractivity contribution < 1.29 is 29.0 Å². The summed E-state index contributed by atoms with van der Waals surface area (Å²) in [4.78, 5) is 69.9. The molecule has 2 aliphatic heterocycles. The lowest BCUT2D eigenvalue weighted by Gasteiger charge is -2.32. The Morgan fingerprint density at radius 2 is 1.32 bits per heavy atom. The van der Waals surface area contributed by atoms with Gasteiger partial charge in [-0.25, -0.2) is 19.6 Å². The van der Waals surface area contributed by atoms with Gasteiger partial charge in [0.15, 0.2) is 5.78 Å². The summed E-state index contributed by atoms with van der Waals surface area (Å²) in [6.45, 7) is 15.5. The van der Waals surface area contributed by atoms with Crippen LogP contribution < -0.4 is 16.0 Å². The van der Waals surface area contributed by atoms with Gasteiger partial charge in [0.1, 0.15) is 23.2 Å². The lowest BCUT2D eigenvalue weighted by Crippen LogP contribution is -2.57. The van der Waals surface area contributed by atoms with E-state index in [0.29, 0.717) is 31.2 Å². The molecule has 3 unspecified atom stereocenters. The van der Waals surface area contributed by atoms with Crippen LogP contribution in [0.3, 0.4) is 0 Å². The Bertz CT molecular complexity index is 2570. The summed E-state index contributed by atoms with van der Waals surface area (Å²) in [6, 6.07) is 25.0. The maximum Gasteiger partial charge on any atom is 0.407 e. The molecule has 8 rings (SSSR count). The summed E-state index contributed by atoms with van der Waals surface area (Å²) in [5.41, 5.74) is 7.84. The first-order valence-electron chi connectivity index (χ1n) is 24.3. The molecule has 360 valence electrons. The van der Waals surface area contributed by atoms with Gasteiger partial charge in [-0.1, -0.05) is 121 Å². The zero-order valence-corrected chi connectivity index (χ0v) is 40.7. The molecular formula is C54H68N8O6. The molecule has 1 saturated carbocycles. The van der Waals surface area contributed by atoms with E-state index < -0.39 is 29.8 Å². The number of benzene rings is 3. The number of alkyl carbamates (subject to hydrolysis) is 1. The van der Waals surface area contributed by atoms with Crippen LogP contribution in [-0.2, 0) is 25.3 Å². The molecule has 3 aromatic carbocycles. The molecule has 3 amide bonds. The minimum absolute atomic E-state index is 0.0359. The smallest absolute Gasteiger partial charge is 0.407 e. The molecule has 4 heterocycles. The van der Waals surface area contributed by atoms with Crippen LogP contribution in [0.5, 0.6) is 0 Å². The Hall–Kier alpha value is -6.28. The molecular weight excluding hydrogens is 857 g/mol. The third-order valence-corrected chi connectivity index (χ3v) is 14.7. The Morgan fingerprint density at radius 3 is 1.85 bits per heavy atom. The van der Waals surface area contributed by atoms with Crippen molar-refractivity contribution in [2.75, 3.05) is 20.2 Å². The number of carboxylic acid groups (broad SMARTS) is 1. The fourth-order valence-corrected chi connectivity index (χ4v) is 11.0. The van der Waals surface area contributed by atoms with Crippen LogP contribution in [0, 0.1) is 11.8 Å². The maximum absolute atomic E-state index is 14.2. The molecule has 3 fully saturated rings. The summed E-state index contributed by atoms with van der Waals surface area (Å²) in [7, 11) is 1.30. The molecule has 14 nitrogen and oxygen atoms in total. The number of hydrogen-bond acceptors (Lipinski definition) is 8. The molecule has 68 heavy (non-hydrogen) atoms. The van der Waals surface area contributed by atoms with E-state index in [1.54, 1.807) is 11.1 Å². The number of aromatic nitrogens is 4.